The Kier molecular flexibility index (Phi) is 3.93. The number of anilines is 1. The van der Waals surface area contributed by atoms with E-state index in [0.29, 0.717) is 5.92 Å². The van der Waals surface area contributed by atoms with Gasteiger partial charge < -0.3 is 10.3 Å². The van der Waals surface area contributed by atoms with Gasteiger partial charge in [-0.2, -0.15) is 0 Å². The molecule has 0 bridgehead atoms. The SMILES string of the molecule is CCc1nc(-c2ccc(CC(C)C)cc2)c(N)n1C. The van der Waals surface area contributed by atoms with Gasteiger partial charge in [0.15, 0.2) is 0 Å². The molecule has 1 aromatic carbocycles. The van der Waals surface area contributed by atoms with Crippen LogP contribution in [0.4, 0.5) is 5.82 Å². The van der Waals surface area contributed by atoms with Gasteiger partial charge in [-0.3, -0.25) is 0 Å². The predicted octanol–water partition coefficient (Wildman–Crippen LogP) is 3.43. The topological polar surface area (TPSA) is 43.8 Å². The fraction of sp³-hybridized carbons (Fsp3) is 0.438. The van der Waals surface area contributed by atoms with E-state index >= 15 is 0 Å². The van der Waals surface area contributed by atoms with Crippen molar-refractivity contribution in [2.75, 3.05) is 5.73 Å². The Morgan fingerprint density at radius 2 is 1.84 bits per heavy atom. The van der Waals surface area contributed by atoms with Gasteiger partial charge >= 0.3 is 0 Å². The minimum Gasteiger partial charge on any atom is -0.383 e. The van der Waals surface area contributed by atoms with Crippen molar-refractivity contribution in [1.29, 1.82) is 0 Å². The summed E-state index contributed by atoms with van der Waals surface area (Å²) in [6.07, 6.45) is 2.00. The zero-order valence-corrected chi connectivity index (χ0v) is 12.3. The monoisotopic (exact) mass is 257 g/mol. The molecule has 0 saturated heterocycles. The summed E-state index contributed by atoms with van der Waals surface area (Å²) in [6, 6.07) is 8.59. The van der Waals surface area contributed by atoms with E-state index in [4.69, 9.17) is 5.73 Å². The van der Waals surface area contributed by atoms with E-state index in [0.717, 1.165) is 35.7 Å². The maximum absolute atomic E-state index is 6.13. The van der Waals surface area contributed by atoms with Gasteiger partial charge in [0.2, 0.25) is 0 Å². The molecule has 0 aliphatic heterocycles. The highest BCUT2D eigenvalue weighted by Crippen LogP contribution is 2.26. The van der Waals surface area contributed by atoms with Crippen molar-refractivity contribution in [3.8, 4) is 11.3 Å². The van der Waals surface area contributed by atoms with E-state index in [1.165, 1.54) is 5.56 Å². The standard InChI is InChI=1S/C16H23N3/c1-5-14-18-15(16(17)19(14)4)13-8-6-12(7-9-13)10-11(2)3/h6-9,11H,5,10,17H2,1-4H3. The third-order valence-corrected chi connectivity index (χ3v) is 3.42. The van der Waals surface area contributed by atoms with Gasteiger partial charge in [-0.25, -0.2) is 4.98 Å². The van der Waals surface area contributed by atoms with Crippen LogP contribution in [0.1, 0.15) is 32.2 Å². The first-order valence-electron chi connectivity index (χ1n) is 6.93. The first-order chi connectivity index (χ1) is 9.02. The molecule has 19 heavy (non-hydrogen) atoms. The molecule has 0 aliphatic carbocycles. The van der Waals surface area contributed by atoms with Crippen LogP contribution in [-0.4, -0.2) is 9.55 Å². The van der Waals surface area contributed by atoms with Crippen LogP contribution in [0.15, 0.2) is 24.3 Å². The van der Waals surface area contributed by atoms with E-state index in [2.05, 4.69) is 50.0 Å². The largest absolute Gasteiger partial charge is 0.383 e. The van der Waals surface area contributed by atoms with Crippen LogP contribution in [0.3, 0.4) is 0 Å². The van der Waals surface area contributed by atoms with E-state index in [-0.39, 0.29) is 0 Å². The number of imidazole rings is 1. The number of nitrogen functional groups attached to an aromatic ring is 1. The maximum atomic E-state index is 6.13. The lowest BCUT2D eigenvalue weighted by Crippen LogP contribution is -2.00. The highest BCUT2D eigenvalue weighted by molar-refractivity contribution is 5.71. The predicted molar refractivity (Wildman–Crippen MR) is 81.0 cm³/mol. The summed E-state index contributed by atoms with van der Waals surface area (Å²) >= 11 is 0. The Morgan fingerprint density at radius 3 is 2.32 bits per heavy atom. The Balaban J connectivity index is 2.32. The molecule has 0 aliphatic rings. The molecule has 2 aromatic rings. The second kappa shape index (κ2) is 5.47. The summed E-state index contributed by atoms with van der Waals surface area (Å²) in [5.41, 5.74) is 9.49. The molecule has 0 saturated carbocycles. The zero-order valence-electron chi connectivity index (χ0n) is 12.3. The first-order valence-corrected chi connectivity index (χ1v) is 6.93. The van der Waals surface area contributed by atoms with E-state index in [1.54, 1.807) is 0 Å². The highest BCUT2D eigenvalue weighted by Gasteiger charge is 2.12. The van der Waals surface area contributed by atoms with Crippen molar-refractivity contribution < 1.29 is 0 Å². The molecular weight excluding hydrogens is 234 g/mol. The van der Waals surface area contributed by atoms with Gasteiger partial charge in [0.1, 0.15) is 17.3 Å². The molecule has 1 aromatic heterocycles. The van der Waals surface area contributed by atoms with Gasteiger partial charge in [0.05, 0.1) is 0 Å². The van der Waals surface area contributed by atoms with E-state index < -0.39 is 0 Å². The van der Waals surface area contributed by atoms with Crippen LogP contribution in [0.25, 0.3) is 11.3 Å². The fourth-order valence-corrected chi connectivity index (χ4v) is 2.36. The lowest BCUT2D eigenvalue weighted by Gasteiger charge is -2.06. The summed E-state index contributed by atoms with van der Waals surface area (Å²) in [5, 5.41) is 0. The highest BCUT2D eigenvalue weighted by atomic mass is 15.1. The van der Waals surface area contributed by atoms with Crippen molar-refractivity contribution in [2.45, 2.75) is 33.6 Å². The minimum atomic E-state index is 0.678. The van der Waals surface area contributed by atoms with Crippen LogP contribution < -0.4 is 5.73 Å². The molecule has 0 spiro atoms. The smallest absolute Gasteiger partial charge is 0.131 e. The summed E-state index contributed by atoms with van der Waals surface area (Å²) in [5.74, 6) is 2.45. The third kappa shape index (κ3) is 2.80. The van der Waals surface area contributed by atoms with Gasteiger partial charge in [0.25, 0.3) is 0 Å². The number of hydrogen-bond acceptors (Lipinski definition) is 2. The van der Waals surface area contributed by atoms with Crippen molar-refractivity contribution in [3.63, 3.8) is 0 Å². The van der Waals surface area contributed by atoms with Crippen molar-refractivity contribution in [3.05, 3.63) is 35.7 Å². The average Bonchev–Trinajstić information content (AvgIpc) is 2.66. The van der Waals surface area contributed by atoms with Gasteiger partial charge in [-0.15, -0.1) is 0 Å². The van der Waals surface area contributed by atoms with Gasteiger partial charge in [-0.05, 0) is 17.9 Å². The molecular formula is C16H23N3. The average molecular weight is 257 g/mol. The molecule has 102 valence electrons. The molecule has 3 nitrogen and oxygen atoms in total. The fourth-order valence-electron chi connectivity index (χ4n) is 2.36. The number of hydrogen-bond donors (Lipinski definition) is 1. The molecule has 0 fully saturated rings. The van der Waals surface area contributed by atoms with Crippen molar-refractivity contribution in [2.24, 2.45) is 13.0 Å². The van der Waals surface area contributed by atoms with Crippen LogP contribution in [0.5, 0.6) is 0 Å². The van der Waals surface area contributed by atoms with E-state index in [9.17, 15) is 0 Å². The maximum Gasteiger partial charge on any atom is 0.131 e. The molecule has 3 heteroatoms. The Bertz CT molecular complexity index is 550. The molecule has 2 rings (SSSR count). The zero-order chi connectivity index (χ0) is 14.0. The molecule has 0 radical (unpaired) electrons. The first kappa shape index (κ1) is 13.7. The number of nitrogens with zero attached hydrogens (tertiary/aromatic N) is 2. The van der Waals surface area contributed by atoms with Gasteiger partial charge in [0, 0.05) is 19.0 Å². The molecule has 0 atom stereocenters. The molecule has 0 unspecified atom stereocenters. The quantitative estimate of drug-likeness (QED) is 0.912. The summed E-state index contributed by atoms with van der Waals surface area (Å²) in [7, 11) is 1.97. The van der Waals surface area contributed by atoms with Crippen LogP contribution in [0, 0.1) is 5.92 Å². The second-order valence-corrected chi connectivity index (χ2v) is 5.47. The normalized spacial score (nSPS) is 11.2. The van der Waals surface area contributed by atoms with Crippen molar-refractivity contribution in [1.82, 2.24) is 9.55 Å². The molecule has 0 amide bonds. The van der Waals surface area contributed by atoms with Gasteiger partial charge in [-0.1, -0.05) is 45.0 Å². The minimum absolute atomic E-state index is 0.678. The Hall–Kier alpha value is -1.77. The molecule has 2 N–H and O–H groups in total. The molecule has 1 heterocycles. The number of aryl methyl sites for hydroxylation is 1. The third-order valence-electron chi connectivity index (χ3n) is 3.42. The Labute approximate surface area is 115 Å². The van der Waals surface area contributed by atoms with Crippen LogP contribution in [-0.2, 0) is 19.9 Å². The summed E-state index contributed by atoms with van der Waals surface area (Å²) in [6.45, 7) is 6.56. The van der Waals surface area contributed by atoms with Crippen LogP contribution in [0.2, 0.25) is 0 Å². The number of rotatable bonds is 4. The number of benzene rings is 1. The van der Waals surface area contributed by atoms with Crippen molar-refractivity contribution >= 4 is 5.82 Å². The summed E-state index contributed by atoms with van der Waals surface area (Å²) in [4.78, 5) is 4.63. The van der Waals surface area contributed by atoms with Crippen LogP contribution >= 0.6 is 0 Å². The lowest BCUT2D eigenvalue weighted by atomic mass is 10.0. The Morgan fingerprint density at radius 1 is 1.21 bits per heavy atom. The lowest BCUT2D eigenvalue weighted by molar-refractivity contribution is 0.647. The van der Waals surface area contributed by atoms with E-state index in [1.807, 2.05) is 11.6 Å². The second-order valence-electron chi connectivity index (χ2n) is 5.47. The number of aromatic nitrogens is 2. The summed E-state index contributed by atoms with van der Waals surface area (Å²) < 4.78 is 1.97. The number of nitrogens with two attached hydrogens (primary N) is 1.